The Balaban J connectivity index is 3.92. The van der Waals surface area contributed by atoms with Crippen molar-refractivity contribution < 1.29 is 14.6 Å². The first kappa shape index (κ1) is 15.4. The molecule has 0 aromatic rings. The van der Waals surface area contributed by atoms with Gasteiger partial charge in [-0.3, -0.25) is 4.79 Å². The van der Waals surface area contributed by atoms with Gasteiger partial charge in [0.15, 0.2) is 0 Å². The number of rotatable bonds is 9. The highest BCUT2D eigenvalue weighted by Gasteiger charge is 2.32. The summed E-state index contributed by atoms with van der Waals surface area (Å²) in [6, 6.07) is 0. The maximum atomic E-state index is 11.7. The molecule has 0 bridgehead atoms. The van der Waals surface area contributed by atoms with Crippen LogP contribution in [0.25, 0.3) is 0 Å². The zero-order chi connectivity index (χ0) is 12.4. The second-order valence-electron chi connectivity index (χ2n) is 4.37. The van der Waals surface area contributed by atoms with E-state index in [1.54, 1.807) is 6.92 Å². The van der Waals surface area contributed by atoms with Gasteiger partial charge in [0, 0.05) is 13.2 Å². The molecule has 0 aliphatic rings. The maximum Gasteiger partial charge on any atom is 0.313 e. The second-order valence-corrected chi connectivity index (χ2v) is 4.37. The van der Waals surface area contributed by atoms with Crippen LogP contribution in [0.4, 0.5) is 0 Å². The van der Waals surface area contributed by atoms with Gasteiger partial charge in [0.1, 0.15) is 0 Å². The van der Waals surface area contributed by atoms with E-state index in [0.29, 0.717) is 13.2 Å². The van der Waals surface area contributed by atoms with Crippen molar-refractivity contribution in [2.45, 2.75) is 46.0 Å². The van der Waals surface area contributed by atoms with E-state index in [0.717, 1.165) is 32.1 Å². The summed E-state index contributed by atoms with van der Waals surface area (Å²) in [5.74, 6) is -0.195. The Morgan fingerprint density at radius 2 is 1.94 bits per heavy atom. The van der Waals surface area contributed by atoms with Gasteiger partial charge in [-0.05, 0) is 26.7 Å². The molecule has 0 radical (unpaired) electrons. The minimum absolute atomic E-state index is 0.195. The molecule has 0 saturated carbocycles. The molecule has 0 aromatic heterocycles. The van der Waals surface area contributed by atoms with Gasteiger partial charge in [-0.2, -0.15) is 0 Å². The molecule has 0 aliphatic carbocycles. The number of carbonyl (C=O) groups is 1. The zero-order valence-electron chi connectivity index (χ0n) is 10.5. The molecule has 3 N–H and O–H groups in total. The fourth-order valence-corrected chi connectivity index (χ4v) is 1.57. The van der Waals surface area contributed by atoms with Gasteiger partial charge in [0.05, 0.1) is 12.0 Å². The molecule has 4 nitrogen and oxygen atoms in total. The summed E-state index contributed by atoms with van der Waals surface area (Å²) in [5, 5.41) is 8.64. The molecule has 16 heavy (non-hydrogen) atoms. The van der Waals surface area contributed by atoms with Gasteiger partial charge in [0.2, 0.25) is 0 Å². The van der Waals surface area contributed by atoms with Gasteiger partial charge >= 0.3 is 5.97 Å². The van der Waals surface area contributed by atoms with Crippen LogP contribution < -0.4 is 5.73 Å². The highest BCUT2D eigenvalue weighted by molar-refractivity contribution is 5.76. The Labute approximate surface area is 98.2 Å². The topological polar surface area (TPSA) is 72.5 Å². The molecular weight excluding hydrogens is 206 g/mol. The summed E-state index contributed by atoms with van der Waals surface area (Å²) in [7, 11) is 0. The number of esters is 1. The number of aliphatic hydroxyl groups is 1. The molecular formula is C12H25NO3. The van der Waals surface area contributed by atoms with Crippen LogP contribution in [0, 0.1) is 5.41 Å². The molecule has 96 valence electrons. The zero-order valence-corrected chi connectivity index (χ0v) is 10.5. The highest BCUT2D eigenvalue weighted by atomic mass is 16.5. The first-order valence-corrected chi connectivity index (χ1v) is 6.09. The predicted octanol–water partition coefficient (Wildman–Crippen LogP) is 1.46. The lowest BCUT2D eigenvalue weighted by Gasteiger charge is -2.25. The van der Waals surface area contributed by atoms with Crippen LogP contribution in [0.1, 0.15) is 46.0 Å². The van der Waals surface area contributed by atoms with Crippen LogP contribution in [0.2, 0.25) is 0 Å². The van der Waals surface area contributed by atoms with Gasteiger partial charge in [-0.15, -0.1) is 0 Å². The number of hydrogen-bond donors (Lipinski definition) is 2. The molecule has 0 fully saturated rings. The van der Waals surface area contributed by atoms with Crippen molar-refractivity contribution in [1.29, 1.82) is 0 Å². The molecule has 0 aliphatic heterocycles. The third kappa shape index (κ3) is 5.47. The quantitative estimate of drug-likeness (QED) is 0.465. The molecule has 1 atom stereocenters. The van der Waals surface area contributed by atoms with Crippen molar-refractivity contribution >= 4 is 5.97 Å². The van der Waals surface area contributed by atoms with E-state index in [2.05, 4.69) is 0 Å². The first-order valence-electron chi connectivity index (χ1n) is 6.09. The number of ether oxygens (including phenoxy) is 1. The largest absolute Gasteiger partial charge is 0.466 e. The normalized spacial score (nSPS) is 14.5. The average molecular weight is 231 g/mol. The number of carbonyl (C=O) groups excluding carboxylic acids is 1. The van der Waals surface area contributed by atoms with E-state index in [1.807, 2.05) is 6.92 Å². The van der Waals surface area contributed by atoms with Crippen molar-refractivity contribution in [1.82, 2.24) is 0 Å². The lowest BCUT2D eigenvalue weighted by molar-refractivity contribution is -0.154. The number of hydrogen-bond acceptors (Lipinski definition) is 4. The lowest BCUT2D eigenvalue weighted by atomic mass is 9.84. The maximum absolute atomic E-state index is 11.7. The summed E-state index contributed by atoms with van der Waals surface area (Å²) in [6.07, 6.45) is 4.56. The Hall–Kier alpha value is -0.610. The van der Waals surface area contributed by atoms with Crippen LogP contribution in [-0.4, -0.2) is 30.8 Å². The standard InChI is InChI=1S/C12H25NO3/c1-3-16-11(15)12(2,10-13)8-6-4-5-7-9-14/h14H,3-10,13H2,1-2H3. The van der Waals surface area contributed by atoms with Crippen LogP contribution in [-0.2, 0) is 9.53 Å². The first-order chi connectivity index (χ1) is 7.60. The SMILES string of the molecule is CCOC(=O)C(C)(CN)CCCCCCO. The van der Waals surface area contributed by atoms with Crippen LogP contribution in [0.5, 0.6) is 0 Å². The Morgan fingerprint density at radius 1 is 1.31 bits per heavy atom. The smallest absolute Gasteiger partial charge is 0.313 e. The summed E-state index contributed by atoms with van der Waals surface area (Å²) in [4.78, 5) is 11.7. The molecule has 0 rings (SSSR count). The molecule has 1 unspecified atom stereocenters. The molecule has 0 heterocycles. The predicted molar refractivity (Wildman–Crippen MR) is 64.0 cm³/mol. The van der Waals surface area contributed by atoms with Crippen molar-refractivity contribution in [2.75, 3.05) is 19.8 Å². The lowest BCUT2D eigenvalue weighted by Crippen LogP contribution is -2.37. The fraction of sp³-hybridized carbons (Fsp3) is 0.917. The van der Waals surface area contributed by atoms with E-state index >= 15 is 0 Å². The number of aliphatic hydroxyl groups excluding tert-OH is 1. The Bertz CT molecular complexity index is 197. The van der Waals surface area contributed by atoms with E-state index in [9.17, 15) is 4.79 Å². The highest BCUT2D eigenvalue weighted by Crippen LogP contribution is 2.25. The van der Waals surface area contributed by atoms with Crippen molar-refractivity contribution in [3.8, 4) is 0 Å². The van der Waals surface area contributed by atoms with E-state index in [-0.39, 0.29) is 12.6 Å². The van der Waals surface area contributed by atoms with Crippen LogP contribution >= 0.6 is 0 Å². The van der Waals surface area contributed by atoms with Gasteiger partial charge in [-0.25, -0.2) is 0 Å². The minimum Gasteiger partial charge on any atom is -0.466 e. The molecule has 4 heteroatoms. The molecule has 0 aromatic carbocycles. The second kappa shape index (κ2) is 8.53. The van der Waals surface area contributed by atoms with E-state index in [1.165, 1.54) is 0 Å². The van der Waals surface area contributed by atoms with Crippen molar-refractivity contribution in [2.24, 2.45) is 11.1 Å². The van der Waals surface area contributed by atoms with Crippen molar-refractivity contribution in [3.63, 3.8) is 0 Å². The monoisotopic (exact) mass is 231 g/mol. The van der Waals surface area contributed by atoms with E-state index in [4.69, 9.17) is 15.6 Å². The molecule has 0 spiro atoms. The average Bonchev–Trinajstić information content (AvgIpc) is 2.28. The Kier molecular flexibility index (Phi) is 8.21. The molecule has 0 amide bonds. The van der Waals surface area contributed by atoms with Gasteiger partial charge < -0.3 is 15.6 Å². The summed E-state index contributed by atoms with van der Waals surface area (Å²) in [5.41, 5.74) is 5.09. The third-order valence-corrected chi connectivity index (χ3v) is 2.86. The Morgan fingerprint density at radius 3 is 2.44 bits per heavy atom. The van der Waals surface area contributed by atoms with Crippen LogP contribution in [0.3, 0.4) is 0 Å². The number of unbranched alkanes of at least 4 members (excludes halogenated alkanes) is 3. The van der Waals surface area contributed by atoms with Crippen LogP contribution in [0.15, 0.2) is 0 Å². The van der Waals surface area contributed by atoms with Gasteiger partial charge in [-0.1, -0.05) is 19.3 Å². The third-order valence-electron chi connectivity index (χ3n) is 2.86. The summed E-state index contributed by atoms with van der Waals surface area (Å²) >= 11 is 0. The summed E-state index contributed by atoms with van der Waals surface area (Å²) in [6.45, 7) is 4.63. The number of nitrogens with two attached hydrogens (primary N) is 1. The molecule has 0 saturated heterocycles. The van der Waals surface area contributed by atoms with Gasteiger partial charge in [0.25, 0.3) is 0 Å². The minimum atomic E-state index is -0.546. The van der Waals surface area contributed by atoms with Crippen molar-refractivity contribution in [3.05, 3.63) is 0 Å². The summed E-state index contributed by atoms with van der Waals surface area (Å²) < 4.78 is 5.02. The van der Waals surface area contributed by atoms with E-state index < -0.39 is 5.41 Å². The fourth-order valence-electron chi connectivity index (χ4n) is 1.57.